The summed E-state index contributed by atoms with van der Waals surface area (Å²) in [6.45, 7) is 7.23. The van der Waals surface area contributed by atoms with Crippen LogP contribution in [0.3, 0.4) is 0 Å². The summed E-state index contributed by atoms with van der Waals surface area (Å²) < 4.78 is 5.66. The summed E-state index contributed by atoms with van der Waals surface area (Å²) in [5, 5.41) is 0. The van der Waals surface area contributed by atoms with Crippen molar-refractivity contribution in [2.24, 2.45) is 11.7 Å². The summed E-state index contributed by atoms with van der Waals surface area (Å²) in [6.07, 6.45) is 1.97. The van der Waals surface area contributed by atoms with Gasteiger partial charge in [0.2, 0.25) is 11.8 Å². The van der Waals surface area contributed by atoms with Crippen molar-refractivity contribution in [2.45, 2.75) is 38.9 Å². The largest absolute Gasteiger partial charge is 0.373 e. The minimum absolute atomic E-state index is 0.0947. The van der Waals surface area contributed by atoms with Gasteiger partial charge >= 0.3 is 0 Å². The molecular weight excluding hydrogens is 258 g/mol. The molecule has 6 heteroatoms. The third-order valence-corrected chi connectivity index (χ3v) is 4.03. The van der Waals surface area contributed by atoms with E-state index in [-0.39, 0.29) is 29.9 Å². The van der Waals surface area contributed by atoms with Crippen molar-refractivity contribution in [1.29, 1.82) is 0 Å². The van der Waals surface area contributed by atoms with Crippen LogP contribution < -0.4 is 5.73 Å². The summed E-state index contributed by atoms with van der Waals surface area (Å²) in [4.78, 5) is 27.5. The molecule has 20 heavy (non-hydrogen) atoms. The van der Waals surface area contributed by atoms with Crippen LogP contribution in [0.1, 0.15) is 26.7 Å². The number of hydrogen-bond donors (Lipinski definition) is 1. The lowest BCUT2D eigenvalue weighted by molar-refractivity contribution is -0.138. The summed E-state index contributed by atoms with van der Waals surface area (Å²) in [6, 6.07) is 0. The fourth-order valence-electron chi connectivity index (χ4n) is 3.14. The molecule has 2 fully saturated rings. The first-order valence-corrected chi connectivity index (χ1v) is 7.40. The smallest absolute Gasteiger partial charge is 0.236 e. The van der Waals surface area contributed by atoms with Crippen LogP contribution in [0.5, 0.6) is 0 Å². The van der Waals surface area contributed by atoms with Crippen LogP contribution >= 0.6 is 0 Å². The molecule has 3 atom stereocenters. The van der Waals surface area contributed by atoms with Gasteiger partial charge in [-0.05, 0) is 26.7 Å². The van der Waals surface area contributed by atoms with E-state index in [1.165, 1.54) is 0 Å². The van der Waals surface area contributed by atoms with Crippen LogP contribution in [0.2, 0.25) is 0 Å². The number of hydrogen-bond acceptors (Lipinski definition) is 4. The number of ether oxygens (including phenoxy) is 1. The molecule has 2 heterocycles. The van der Waals surface area contributed by atoms with Crippen LogP contribution in [0.4, 0.5) is 0 Å². The molecule has 2 amide bonds. The Bertz CT molecular complexity index is 365. The number of morpholine rings is 1. The normalized spacial score (nSPS) is 32.1. The third-order valence-electron chi connectivity index (χ3n) is 4.03. The second-order valence-corrected chi connectivity index (χ2v) is 6.03. The topological polar surface area (TPSA) is 75.9 Å². The van der Waals surface area contributed by atoms with E-state index in [2.05, 4.69) is 4.90 Å². The summed E-state index contributed by atoms with van der Waals surface area (Å²) >= 11 is 0. The zero-order chi connectivity index (χ0) is 14.7. The Hall–Kier alpha value is -1.14. The van der Waals surface area contributed by atoms with E-state index in [4.69, 9.17) is 10.5 Å². The minimum atomic E-state index is -0.295. The molecule has 114 valence electrons. The van der Waals surface area contributed by atoms with Crippen molar-refractivity contribution in [3.63, 3.8) is 0 Å². The number of carbonyl (C=O) groups is 2. The second-order valence-electron chi connectivity index (χ2n) is 6.03. The van der Waals surface area contributed by atoms with E-state index in [0.29, 0.717) is 13.1 Å². The average Bonchev–Trinajstić information content (AvgIpc) is 2.37. The Labute approximate surface area is 120 Å². The number of likely N-dealkylation sites (tertiary alicyclic amines) is 1. The number of nitrogens with zero attached hydrogens (tertiary/aromatic N) is 2. The first-order valence-electron chi connectivity index (χ1n) is 7.40. The van der Waals surface area contributed by atoms with E-state index in [9.17, 15) is 9.59 Å². The second kappa shape index (κ2) is 6.54. The fraction of sp³-hybridized carbons (Fsp3) is 0.857. The van der Waals surface area contributed by atoms with Gasteiger partial charge in [0.25, 0.3) is 0 Å². The molecule has 0 aromatic carbocycles. The van der Waals surface area contributed by atoms with Crippen molar-refractivity contribution in [3.8, 4) is 0 Å². The molecule has 0 saturated carbocycles. The predicted octanol–water partition coefficient (Wildman–Crippen LogP) is -0.180. The maximum atomic E-state index is 12.3. The van der Waals surface area contributed by atoms with Crippen molar-refractivity contribution in [2.75, 3.05) is 32.7 Å². The molecule has 0 radical (unpaired) electrons. The lowest BCUT2D eigenvalue weighted by Gasteiger charge is -2.37. The Kier molecular flexibility index (Phi) is 4.99. The molecule has 0 spiro atoms. The zero-order valence-corrected chi connectivity index (χ0v) is 12.4. The van der Waals surface area contributed by atoms with E-state index in [1.54, 1.807) is 4.90 Å². The first-order chi connectivity index (χ1) is 9.45. The van der Waals surface area contributed by atoms with Crippen LogP contribution in [0.15, 0.2) is 0 Å². The van der Waals surface area contributed by atoms with Gasteiger partial charge in [-0.2, -0.15) is 0 Å². The standard InChI is InChI=1S/C14H25N3O3/c1-10-6-16(7-11(2)20-10)9-13(18)17-5-3-4-12(8-17)14(15)19/h10-12H,3-9H2,1-2H3,(H2,15,19)/t10-,11-,12+/m1/s1. The molecule has 2 N–H and O–H groups in total. The lowest BCUT2D eigenvalue weighted by atomic mass is 9.97. The highest BCUT2D eigenvalue weighted by molar-refractivity contribution is 5.81. The molecule has 2 aliphatic heterocycles. The molecule has 0 aromatic rings. The van der Waals surface area contributed by atoms with E-state index >= 15 is 0 Å². The van der Waals surface area contributed by atoms with Crippen LogP contribution in [-0.4, -0.2) is 66.5 Å². The van der Waals surface area contributed by atoms with Gasteiger partial charge in [0.05, 0.1) is 24.7 Å². The average molecular weight is 283 g/mol. The number of primary amides is 1. The molecule has 0 bridgehead atoms. The Balaban J connectivity index is 1.86. The Morgan fingerprint density at radius 3 is 2.45 bits per heavy atom. The van der Waals surface area contributed by atoms with Gasteiger partial charge in [-0.3, -0.25) is 14.5 Å². The van der Waals surface area contributed by atoms with Gasteiger partial charge in [0, 0.05) is 26.2 Å². The summed E-state index contributed by atoms with van der Waals surface area (Å²) in [5.74, 6) is -0.386. The van der Waals surface area contributed by atoms with Crippen LogP contribution in [0.25, 0.3) is 0 Å². The highest BCUT2D eigenvalue weighted by Crippen LogP contribution is 2.17. The number of piperidine rings is 1. The molecule has 2 saturated heterocycles. The number of nitrogens with two attached hydrogens (primary N) is 1. The van der Waals surface area contributed by atoms with Crippen molar-refractivity contribution >= 4 is 11.8 Å². The van der Waals surface area contributed by atoms with E-state index in [1.807, 2.05) is 13.8 Å². The third kappa shape index (κ3) is 3.93. The number of rotatable bonds is 3. The summed E-state index contributed by atoms with van der Waals surface area (Å²) in [7, 11) is 0. The zero-order valence-electron chi connectivity index (χ0n) is 12.4. The Morgan fingerprint density at radius 1 is 1.20 bits per heavy atom. The molecule has 2 rings (SSSR count). The van der Waals surface area contributed by atoms with Crippen LogP contribution in [-0.2, 0) is 14.3 Å². The van der Waals surface area contributed by atoms with Crippen LogP contribution in [0, 0.1) is 5.92 Å². The Morgan fingerprint density at radius 2 is 1.85 bits per heavy atom. The highest BCUT2D eigenvalue weighted by Gasteiger charge is 2.29. The lowest BCUT2D eigenvalue weighted by Crippen LogP contribution is -2.52. The monoisotopic (exact) mass is 283 g/mol. The maximum absolute atomic E-state index is 12.3. The van der Waals surface area contributed by atoms with Gasteiger partial charge in [-0.15, -0.1) is 0 Å². The highest BCUT2D eigenvalue weighted by atomic mass is 16.5. The van der Waals surface area contributed by atoms with Gasteiger partial charge in [-0.1, -0.05) is 0 Å². The predicted molar refractivity (Wildman–Crippen MR) is 74.9 cm³/mol. The molecule has 6 nitrogen and oxygen atoms in total. The van der Waals surface area contributed by atoms with Crippen molar-refractivity contribution < 1.29 is 14.3 Å². The van der Waals surface area contributed by atoms with Gasteiger partial charge in [-0.25, -0.2) is 0 Å². The first kappa shape index (κ1) is 15.3. The maximum Gasteiger partial charge on any atom is 0.236 e. The molecule has 0 unspecified atom stereocenters. The number of carbonyl (C=O) groups excluding carboxylic acids is 2. The van der Waals surface area contributed by atoms with Gasteiger partial charge < -0.3 is 15.4 Å². The van der Waals surface area contributed by atoms with E-state index < -0.39 is 0 Å². The van der Waals surface area contributed by atoms with Crippen molar-refractivity contribution in [3.05, 3.63) is 0 Å². The fourth-order valence-corrected chi connectivity index (χ4v) is 3.14. The summed E-state index contributed by atoms with van der Waals surface area (Å²) in [5.41, 5.74) is 5.35. The minimum Gasteiger partial charge on any atom is -0.373 e. The molecule has 0 aromatic heterocycles. The van der Waals surface area contributed by atoms with E-state index in [0.717, 1.165) is 32.5 Å². The molecular formula is C14H25N3O3. The quantitative estimate of drug-likeness (QED) is 0.779. The molecule has 0 aliphatic carbocycles. The SMILES string of the molecule is C[C@@H]1CN(CC(=O)N2CCC[C@H](C(N)=O)C2)C[C@@H](C)O1. The van der Waals surface area contributed by atoms with Gasteiger partial charge in [0.15, 0.2) is 0 Å². The number of amides is 2. The van der Waals surface area contributed by atoms with Crippen molar-refractivity contribution in [1.82, 2.24) is 9.80 Å². The van der Waals surface area contributed by atoms with Gasteiger partial charge in [0.1, 0.15) is 0 Å². The molecule has 2 aliphatic rings.